The molecule has 0 aromatic heterocycles. The number of carbonyl (C=O) groups is 1. The third kappa shape index (κ3) is 5.35. The number of hydrogen-bond acceptors (Lipinski definition) is 4. The van der Waals surface area contributed by atoms with Gasteiger partial charge in [-0.25, -0.2) is 0 Å². The van der Waals surface area contributed by atoms with E-state index in [1.54, 1.807) is 0 Å². The van der Waals surface area contributed by atoms with E-state index in [0.717, 1.165) is 6.07 Å². The first-order chi connectivity index (χ1) is 8.69. The Bertz CT molecular complexity index is 468. The molecule has 0 radical (unpaired) electrons. The summed E-state index contributed by atoms with van der Waals surface area (Å²) in [6, 6.07) is 2.65. The molecule has 0 saturated heterocycles. The Morgan fingerprint density at radius 3 is 2.63 bits per heavy atom. The lowest BCUT2D eigenvalue weighted by atomic mass is 10.2. The van der Waals surface area contributed by atoms with Gasteiger partial charge in [-0.05, 0) is 34.1 Å². The molecule has 0 aliphatic rings. The lowest BCUT2D eigenvalue weighted by molar-refractivity contribution is -0.274. The van der Waals surface area contributed by atoms with E-state index in [2.05, 4.69) is 26.0 Å². The number of rotatable bonds is 5. The lowest BCUT2D eigenvalue weighted by Gasteiger charge is -2.13. The van der Waals surface area contributed by atoms with Crippen LogP contribution in [0.25, 0.3) is 0 Å². The predicted molar refractivity (Wildman–Crippen MR) is 64.9 cm³/mol. The number of nitrogens with one attached hydrogen (secondary N) is 1. The molecule has 5 nitrogen and oxygen atoms in total. The predicted octanol–water partition coefficient (Wildman–Crippen LogP) is 2.17. The van der Waals surface area contributed by atoms with E-state index in [1.807, 2.05) is 0 Å². The number of benzene rings is 1. The summed E-state index contributed by atoms with van der Waals surface area (Å²) in [5, 5.41) is 11.3. The number of nitrogens with two attached hydrogens (primary N) is 1. The summed E-state index contributed by atoms with van der Waals surface area (Å²) in [6.07, 6.45) is -4.77. The Kier molecular flexibility index (Phi) is 5.01. The fourth-order valence-corrected chi connectivity index (χ4v) is 1.59. The van der Waals surface area contributed by atoms with E-state index in [0.29, 0.717) is 5.69 Å². The number of carboxylic acid groups (broad SMARTS) is 1. The molecule has 0 heterocycles. The zero-order valence-electron chi connectivity index (χ0n) is 9.37. The highest BCUT2D eigenvalue weighted by molar-refractivity contribution is 9.10. The SMILES string of the molecule is NC(CNc1ccc(OC(F)(F)F)c(Br)c1)C(=O)O. The molecule has 0 fully saturated rings. The Labute approximate surface area is 114 Å². The molecule has 0 bridgehead atoms. The summed E-state index contributed by atoms with van der Waals surface area (Å²) < 4.78 is 39.9. The molecule has 0 aliphatic carbocycles. The third-order valence-corrected chi connectivity index (χ3v) is 2.62. The minimum Gasteiger partial charge on any atom is -0.480 e. The molecule has 9 heteroatoms. The normalized spacial score (nSPS) is 12.9. The van der Waals surface area contributed by atoms with Crippen LogP contribution in [0.4, 0.5) is 18.9 Å². The van der Waals surface area contributed by atoms with Crippen LogP contribution in [0.2, 0.25) is 0 Å². The maximum Gasteiger partial charge on any atom is 0.573 e. The molecule has 19 heavy (non-hydrogen) atoms. The minimum absolute atomic E-state index is 0.0543. The molecule has 0 aliphatic heterocycles. The van der Waals surface area contributed by atoms with Crippen molar-refractivity contribution in [1.29, 1.82) is 0 Å². The quantitative estimate of drug-likeness (QED) is 0.763. The van der Waals surface area contributed by atoms with Gasteiger partial charge < -0.3 is 20.9 Å². The van der Waals surface area contributed by atoms with E-state index in [4.69, 9.17) is 10.8 Å². The Balaban J connectivity index is 2.69. The summed E-state index contributed by atoms with van der Waals surface area (Å²) in [7, 11) is 0. The van der Waals surface area contributed by atoms with E-state index >= 15 is 0 Å². The van der Waals surface area contributed by atoms with E-state index < -0.39 is 18.4 Å². The highest BCUT2D eigenvalue weighted by atomic mass is 79.9. The zero-order valence-corrected chi connectivity index (χ0v) is 11.0. The largest absolute Gasteiger partial charge is 0.573 e. The summed E-state index contributed by atoms with van der Waals surface area (Å²) in [4.78, 5) is 10.5. The lowest BCUT2D eigenvalue weighted by Crippen LogP contribution is -2.36. The average molecular weight is 343 g/mol. The zero-order chi connectivity index (χ0) is 14.6. The smallest absolute Gasteiger partial charge is 0.480 e. The molecule has 106 valence electrons. The van der Waals surface area contributed by atoms with Gasteiger partial charge in [-0.1, -0.05) is 0 Å². The maximum absolute atomic E-state index is 12.0. The minimum atomic E-state index is -4.77. The molecular weight excluding hydrogens is 333 g/mol. The van der Waals surface area contributed by atoms with Crippen LogP contribution in [0.15, 0.2) is 22.7 Å². The molecule has 1 aromatic carbocycles. The number of halogens is 4. The van der Waals surface area contributed by atoms with Gasteiger partial charge >= 0.3 is 12.3 Å². The summed E-state index contributed by atoms with van der Waals surface area (Å²) in [5.41, 5.74) is 5.68. The highest BCUT2D eigenvalue weighted by Crippen LogP contribution is 2.32. The van der Waals surface area contributed by atoms with Gasteiger partial charge in [-0.3, -0.25) is 4.79 Å². The van der Waals surface area contributed by atoms with Gasteiger partial charge in [0, 0.05) is 12.2 Å². The second-order valence-electron chi connectivity index (χ2n) is 3.52. The molecule has 1 rings (SSSR count). The van der Waals surface area contributed by atoms with Crippen LogP contribution >= 0.6 is 15.9 Å². The molecular formula is C10H10BrF3N2O3. The van der Waals surface area contributed by atoms with Crippen molar-refractivity contribution in [1.82, 2.24) is 0 Å². The maximum atomic E-state index is 12.0. The fourth-order valence-electron chi connectivity index (χ4n) is 1.13. The van der Waals surface area contributed by atoms with E-state index in [9.17, 15) is 18.0 Å². The molecule has 0 amide bonds. The van der Waals surface area contributed by atoms with Crippen molar-refractivity contribution in [2.24, 2.45) is 5.73 Å². The van der Waals surface area contributed by atoms with Crippen molar-refractivity contribution >= 4 is 27.6 Å². The summed E-state index contributed by atoms with van der Waals surface area (Å²) in [5.74, 6) is -1.57. The van der Waals surface area contributed by atoms with Gasteiger partial charge in [-0.2, -0.15) is 0 Å². The first kappa shape index (κ1) is 15.6. The van der Waals surface area contributed by atoms with E-state index in [1.165, 1.54) is 12.1 Å². The number of anilines is 1. The second kappa shape index (κ2) is 6.11. The molecule has 1 unspecified atom stereocenters. The monoisotopic (exact) mass is 342 g/mol. The molecule has 0 spiro atoms. The van der Waals surface area contributed by atoms with Crippen molar-refractivity contribution in [3.8, 4) is 5.75 Å². The van der Waals surface area contributed by atoms with Crippen LogP contribution in [0, 0.1) is 0 Å². The topological polar surface area (TPSA) is 84.6 Å². The molecule has 1 atom stereocenters. The number of ether oxygens (including phenoxy) is 1. The Morgan fingerprint density at radius 1 is 1.53 bits per heavy atom. The third-order valence-electron chi connectivity index (χ3n) is 2.00. The summed E-state index contributed by atoms with van der Waals surface area (Å²) >= 11 is 2.92. The van der Waals surface area contributed by atoms with Gasteiger partial charge in [0.05, 0.1) is 4.47 Å². The first-order valence-corrected chi connectivity index (χ1v) is 5.76. The highest BCUT2D eigenvalue weighted by Gasteiger charge is 2.31. The summed E-state index contributed by atoms with van der Waals surface area (Å²) in [6.45, 7) is -0.0543. The van der Waals surface area contributed by atoms with Crippen molar-refractivity contribution < 1.29 is 27.8 Å². The number of aliphatic carboxylic acids is 1. The average Bonchev–Trinajstić information content (AvgIpc) is 2.27. The fraction of sp³-hybridized carbons (Fsp3) is 0.300. The van der Waals surface area contributed by atoms with Gasteiger partial charge in [-0.15, -0.1) is 13.2 Å². The molecule has 1 aromatic rings. The first-order valence-electron chi connectivity index (χ1n) is 4.96. The van der Waals surface area contributed by atoms with Gasteiger partial charge in [0.2, 0.25) is 0 Å². The van der Waals surface area contributed by atoms with Gasteiger partial charge in [0.15, 0.2) is 0 Å². The number of carboxylic acids is 1. The van der Waals surface area contributed by atoms with Crippen LogP contribution in [-0.2, 0) is 4.79 Å². The van der Waals surface area contributed by atoms with Gasteiger partial charge in [0.25, 0.3) is 0 Å². The van der Waals surface area contributed by atoms with Crippen LogP contribution < -0.4 is 15.8 Å². The Morgan fingerprint density at radius 2 is 2.16 bits per heavy atom. The molecule has 0 saturated carbocycles. The van der Waals surface area contributed by atoms with E-state index in [-0.39, 0.29) is 16.8 Å². The van der Waals surface area contributed by atoms with Crippen LogP contribution in [0.5, 0.6) is 5.75 Å². The van der Waals surface area contributed by atoms with Crippen LogP contribution in [-0.4, -0.2) is 30.0 Å². The van der Waals surface area contributed by atoms with Crippen molar-refractivity contribution in [2.75, 3.05) is 11.9 Å². The molecule has 4 N–H and O–H groups in total. The van der Waals surface area contributed by atoms with Crippen LogP contribution in [0.3, 0.4) is 0 Å². The van der Waals surface area contributed by atoms with Crippen molar-refractivity contribution in [3.05, 3.63) is 22.7 Å². The van der Waals surface area contributed by atoms with Gasteiger partial charge in [0.1, 0.15) is 11.8 Å². The number of alkyl halides is 3. The van der Waals surface area contributed by atoms with Crippen LogP contribution in [0.1, 0.15) is 0 Å². The standard InChI is InChI=1S/C10H10BrF3N2O3/c11-6-3-5(16-4-7(15)9(17)18)1-2-8(6)19-10(12,13)14/h1-3,7,16H,4,15H2,(H,17,18). The van der Waals surface area contributed by atoms with Crippen molar-refractivity contribution in [3.63, 3.8) is 0 Å². The second-order valence-corrected chi connectivity index (χ2v) is 4.37. The van der Waals surface area contributed by atoms with Crippen molar-refractivity contribution in [2.45, 2.75) is 12.4 Å². The Hall–Kier alpha value is -1.48. The number of hydrogen-bond donors (Lipinski definition) is 3.